The first-order valence-corrected chi connectivity index (χ1v) is 6.40. The Morgan fingerprint density at radius 1 is 1.12 bits per heavy atom. The van der Waals surface area contributed by atoms with E-state index in [0.717, 1.165) is 6.61 Å². The van der Waals surface area contributed by atoms with E-state index in [9.17, 15) is 0 Å². The Labute approximate surface area is 102 Å². The number of anilines is 2. The van der Waals surface area contributed by atoms with Crippen molar-refractivity contribution < 1.29 is 4.74 Å². The van der Waals surface area contributed by atoms with E-state index in [1.54, 1.807) is 12.1 Å². The second kappa shape index (κ2) is 5.75. The second-order valence-corrected chi connectivity index (χ2v) is 4.79. The number of hydrogen-bond donors (Lipinski definition) is 2. The Hall–Kier alpha value is -1.45. The van der Waals surface area contributed by atoms with Crippen LogP contribution in [0.3, 0.4) is 0 Å². The number of nitrogens with zero attached hydrogens (tertiary/aromatic N) is 1. The van der Waals surface area contributed by atoms with Crippen LogP contribution in [-0.4, -0.2) is 11.6 Å². The largest absolute Gasteiger partial charge is 0.477 e. The van der Waals surface area contributed by atoms with Crippen LogP contribution in [0.4, 0.5) is 11.5 Å². The van der Waals surface area contributed by atoms with Gasteiger partial charge in [-0.2, -0.15) is 4.98 Å². The average Bonchev–Trinajstić information content (AvgIpc) is 2.59. The van der Waals surface area contributed by atoms with Crippen molar-refractivity contribution in [3.05, 3.63) is 12.1 Å². The average molecular weight is 235 g/mol. The van der Waals surface area contributed by atoms with Gasteiger partial charge in [-0.15, -0.1) is 0 Å². The summed E-state index contributed by atoms with van der Waals surface area (Å²) in [6, 6.07) is 3.52. The molecular formula is C13H21N3O. The molecule has 4 N–H and O–H groups in total. The molecule has 2 rings (SSSR count). The van der Waals surface area contributed by atoms with Gasteiger partial charge in [0.1, 0.15) is 0 Å². The maximum atomic E-state index is 5.69. The van der Waals surface area contributed by atoms with E-state index in [1.165, 1.54) is 38.5 Å². The van der Waals surface area contributed by atoms with Crippen LogP contribution >= 0.6 is 0 Å². The highest BCUT2D eigenvalue weighted by molar-refractivity contribution is 5.58. The monoisotopic (exact) mass is 235 g/mol. The minimum Gasteiger partial charge on any atom is -0.477 e. The normalized spacial score (nSPS) is 17.6. The summed E-state index contributed by atoms with van der Waals surface area (Å²) in [5.41, 5.74) is 11.7. The molecule has 1 fully saturated rings. The summed E-state index contributed by atoms with van der Waals surface area (Å²) >= 11 is 0. The van der Waals surface area contributed by atoms with Crippen LogP contribution in [0, 0.1) is 5.92 Å². The highest BCUT2D eigenvalue weighted by Crippen LogP contribution is 2.24. The minimum atomic E-state index is 0.350. The van der Waals surface area contributed by atoms with Crippen LogP contribution in [0.1, 0.15) is 38.5 Å². The van der Waals surface area contributed by atoms with Gasteiger partial charge >= 0.3 is 0 Å². The molecule has 0 saturated heterocycles. The van der Waals surface area contributed by atoms with Crippen molar-refractivity contribution in [3.63, 3.8) is 0 Å². The van der Waals surface area contributed by atoms with Crippen LogP contribution in [0.2, 0.25) is 0 Å². The first-order valence-electron chi connectivity index (χ1n) is 6.40. The number of hydrogen-bond acceptors (Lipinski definition) is 4. The maximum Gasteiger partial charge on any atom is 0.215 e. The molecule has 0 atom stereocenters. The highest BCUT2D eigenvalue weighted by atomic mass is 16.5. The summed E-state index contributed by atoms with van der Waals surface area (Å²) in [5.74, 6) is 1.60. The zero-order valence-electron chi connectivity index (χ0n) is 10.2. The molecule has 0 unspecified atom stereocenters. The predicted octanol–water partition coefficient (Wildman–Crippen LogP) is 2.60. The summed E-state index contributed by atoms with van der Waals surface area (Å²) < 4.78 is 5.69. The Bertz CT molecular complexity index is 360. The quantitative estimate of drug-likeness (QED) is 0.790. The van der Waals surface area contributed by atoms with Gasteiger partial charge in [-0.1, -0.05) is 25.7 Å². The van der Waals surface area contributed by atoms with Gasteiger partial charge in [0.25, 0.3) is 0 Å². The van der Waals surface area contributed by atoms with Gasteiger partial charge in [0, 0.05) is 6.07 Å². The Balaban J connectivity index is 1.85. The summed E-state index contributed by atoms with van der Waals surface area (Å²) in [7, 11) is 0. The summed E-state index contributed by atoms with van der Waals surface area (Å²) in [4.78, 5) is 4.11. The molecule has 1 aromatic rings. The first-order chi connectivity index (χ1) is 8.25. The van der Waals surface area contributed by atoms with Gasteiger partial charge in [-0.3, -0.25) is 0 Å². The summed E-state index contributed by atoms with van der Waals surface area (Å²) in [6.07, 6.45) is 7.92. The van der Waals surface area contributed by atoms with Crippen molar-refractivity contribution in [2.24, 2.45) is 5.92 Å². The van der Waals surface area contributed by atoms with E-state index in [2.05, 4.69) is 4.98 Å². The molecule has 0 amide bonds. The first kappa shape index (κ1) is 12.0. The number of aromatic nitrogens is 1. The fourth-order valence-electron chi connectivity index (χ4n) is 2.28. The SMILES string of the molecule is Nc1ccc(OCC2CCCCCC2)nc1N. The van der Waals surface area contributed by atoms with Crippen LogP contribution in [-0.2, 0) is 0 Å². The lowest BCUT2D eigenvalue weighted by Crippen LogP contribution is -2.12. The molecule has 0 radical (unpaired) electrons. The fourth-order valence-corrected chi connectivity index (χ4v) is 2.28. The van der Waals surface area contributed by atoms with Crippen molar-refractivity contribution in [3.8, 4) is 5.88 Å². The van der Waals surface area contributed by atoms with Gasteiger partial charge in [0.15, 0.2) is 5.82 Å². The Kier molecular flexibility index (Phi) is 4.07. The molecule has 94 valence electrons. The number of nitrogens with two attached hydrogens (primary N) is 2. The van der Waals surface area contributed by atoms with E-state index >= 15 is 0 Å². The molecule has 1 aliphatic carbocycles. The fraction of sp³-hybridized carbons (Fsp3) is 0.615. The van der Waals surface area contributed by atoms with Crippen molar-refractivity contribution >= 4 is 11.5 Å². The molecule has 0 aliphatic heterocycles. The molecule has 0 bridgehead atoms. The van der Waals surface area contributed by atoms with E-state index in [0.29, 0.717) is 23.3 Å². The van der Waals surface area contributed by atoms with Gasteiger partial charge in [-0.05, 0) is 24.8 Å². The molecule has 1 heterocycles. The topological polar surface area (TPSA) is 74.2 Å². The van der Waals surface area contributed by atoms with E-state index in [-0.39, 0.29) is 0 Å². The molecule has 0 spiro atoms. The molecule has 1 aliphatic rings. The number of rotatable bonds is 3. The van der Waals surface area contributed by atoms with Gasteiger partial charge in [0.05, 0.1) is 12.3 Å². The van der Waals surface area contributed by atoms with E-state index in [4.69, 9.17) is 16.2 Å². The molecule has 1 saturated carbocycles. The number of nitrogen functional groups attached to an aromatic ring is 2. The van der Waals surface area contributed by atoms with E-state index in [1.807, 2.05) is 0 Å². The molecule has 17 heavy (non-hydrogen) atoms. The third-order valence-electron chi connectivity index (χ3n) is 3.37. The van der Waals surface area contributed by atoms with Crippen LogP contribution in [0.5, 0.6) is 5.88 Å². The van der Waals surface area contributed by atoms with Crippen LogP contribution in [0.15, 0.2) is 12.1 Å². The lowest BCUT2D eigenvalue weighted by atomic mass is 10.0. The van der Waals surface area contributed by atoms with Gasteiger partial charge in [-0.25, -0.2) is 0 Å². The molecule has 4 nitrogen and oxygen atoms in total. The third kappa shape index (κ3) is 3.51. The van der Waals surface area contributed by atoms with Gasteiger partial charge in [0.2, 0.25) is 5.88 Å². The van der Waals surface area contributed by atoms with E-state index < -0.39 is 0 Å². The smallest absolute Gasteiger partial charge is 0.215 e. The predicted molar refractivity (Wildman–Crippen MR) is 69.7 cm³/mol. The molecule has 0 aromatic carbocycles. The Morgan fingerprint density at radius 3 is 2.47 bits per heavy atom. The maximum absolute atomic E-state index is 5.69. The second-order valence-electron chi connectivity index (χ2n) is 4.79. The zero-order chi connectivity index (χ0) is 12.1. The minimum absolute atomic E-state index is 0.350. The van der Waals surface area contributed by atoms with Gasteiger partial charge < -0.3 is 16.2 Å². The van der Waals surface area contributed by atoms with Crippen molar-refractivity contribution in [2.45, 2.75) is 38.5 Å². The molecule has 4 heteroatoms. The standard InChI is InChI=1S/C13H21N3O/c14-11-7-8-12(16-13(11)15)17-9-10-5-3-1-2-4-6-10/h7-8,10H,1-6,9,14H2,(H2,15,16). The molecule has 1 aromatic heterocycles. The number of ether oxygens (including phenoxy) is 1. The van der Waals surface area contributed by atoms with Crippen molar-refractivity contribution in [1.82, 2.24) is 4.98 Å². The summed E-state index contributed by atoms with van der Waals surface area (Å²) in [6.45, 7) is 0.746. The van der Waals surface area contributed by atoms with Crippen molar-refractivity contribution in [2.75, 3.05) is 18.1 Å². The summed E-state index contributed by atoms with van der Waals surface area (Å²) in [5, 5.41) is 0. The Morgan fingerprint density at radius 2 is 1.82 bits per heavy atom. The highest BCUT2D eigenvalue weighted by Gasteiger charge is 2.13. The zero-order valence-corrected chi connectivity index (χ0v) is 10.2. The third-order valence-corrected chi connectivity index (χ3v) is 3.37. The lowest BCUT2D eigenvalue weighted by Gasteiger charge is -2.14. The lowest BCUT2D eigenvalue weighted by molar-refractivity contribution is 0.226. The van der Waals surface area contributed by atoms with Crippen LogP contribution < -0.4 is 16.2 Å². The molecular weight excluding hydrogens is 214 g/mol. The van der Waals surface area contributed by atoms with Crippen LogP contribution in [0.25, 0.3) is 0 Å². The number of pyridine rings is 1. The van der Waals surface area contributed by atoms with Crippen molar-refractivity contribution in [1.29, 1.82) is 0 Å².